The standard InChI is InChI=1S/C13H15N3.ClH/c14-5-10-3-1-2-4-13(10)16-8-11-6-15-7-12(11)9-16;/h1-4,11-12,15H,6-9H2;1H. The van der Waals surface area contributed by atoms with E-state index < -0.39 is 0 Å². The van der Waals surface area contributed by atoms with Crippen molar-refractivity contribution in [3.05, 3.63) is 29.8 Å². The minimum absolute atomic E-state index is 0. The summed E-state index contributed by atoms with van der Waals surface area (Å²) in [5.41, 5.74) is 1.91. The highest BCUT2D eigenvalue weighted by molar-refractivity contribution is 5.85. The van der Waals surface area contributed by atoms with E-state index in [9.17, 15) is 0 Å². The Hall–Kier alpha value is -1.24. The maximum Gasteiger partial charge on any atom is 0.101 e. The molecule has 2 fully saturated rings. The molecule has 1 aromatic rings. The van der Waals surface area contributed by atoms with Crippen molar-refractivity contribution in [1.82, 2.24) is 5.32 Å². The predicted molar refractivity (Wildman–Crippen MR) is 70.5 cm³/mol. The molecule has 3 rings (SSSR count). The van der Waals surface area contributed by atoms with Gasteiger partial charge in [0, 0.05) is 26.2 Å². The van der Waals surface area contributed by atoms with Gasteiger partial charge in [-0.2, -0.15) is 5.26 Å². The van der Waals surface area contributed by atoms with Gasteiger partial charge in [-0.25, -0.2) is 0 Å². The van der Waals surface area contributed by atoms with Crippen LogP contribution in [0.3, 0.4) is 0 Å². The van der Waals surface area contributed by atoms with Gasteiger partial charge in [0.25, 0.3) is 0 Å². The van der Waals surface area contributed by atoms with Crippen LogP contribution in [0, 0.1) is 23.2 Å². The molecule has 2 aliphatic rings. The molecule has 90 valence electrons. The van der Waals surface area contributed by atoms with E-state index in [1.165, 1.54) is 0 Å². The smallest absolute Gasteiger partial charge is 0.101 e. The van der Waals surface area contributed by atoms with Gasteiger partial charge in [-0.15, -0.1) is 12.4 Å². The molecule has 4 heteroatoms. The summed E-state index contributed by atoms with van der Waals surface area (Å²) in [5, 5.41) is 12.5. The van der Waals surface area contributed by atoms with Gasteiger partial charge in [-0.3, -0.25) is 0 Å². The summed E-state index contributed by atoms with van der Waals surface area (Å²) in [6.07, 6.45) is 0. The lowest BCUT2D eigenvalue weighted by Crippen LogP contribution is -2.25. The van der Waals surface area contributed by atoms with Crippen LogP contribution in [0.15, 0.2) is 24.3 Å². The minimum Gasteiger partial charge on any atom is -0.370 e. The summed E-state index contributed by atoms with van der Waals surface area (Å²) >= 11 is 0. The second kappa shape index (κ2) is 4.95. The van der Waals surface area contributed by atoms with Crippen LogP contribution in [-0.4, -0.2) is 26.2 Å². The monoisotopic (exact) mass is 249 g/mol. The molecule has 0 saturated carbocycles. The van der Waals surface area contributed by atoms with Crippen molar-refractivity contribution in [2.45, 2.75) is 0 Å². The van der Waals surface area contributed by atoms with E-state index in [1.54, 1.807) is 0 Å². The highest BCUT2D eigenvalue weighted by Crippen LogP contribution is 2.31. The molecule has 0 aromatic heterocycles. The normalized spacial score (nSPS) is 26.2. The van der Waals surface area contributed by atoms with Gasteiger partial charge in [0.2, 0.25) is 0 Å². The molecule has 2 unspecified atom stereocenters. The number of para-hydroxylation sites is 1. The van der Waals surface area contributed by atoms with Crippen molar-refractivity contribution in [3.8, 4) is 6.07 Å². The molecule has 2 aliphatic heterocycles. The Bertz CT molecular complexity index is 429. The fourth-order valence-electron chi connectivity index (χ4n) is 2.90. The molecule has 0 amide bonds. The van der Waals surface area contributed by atoms with E-state index in [4.69, 9.17) is 5.26 Å². The average molecular weight is 250 g/mol. The van der Waals surface area contributed by atoms with Gasteiger partial charge in [0.05, 0.1) is 11.3 Å². The highest BCUT2D eigenvalue weighted by atomic mass is 35.5. The Morgan fingerprint density at radius 1 is 1.18 bits per heavy atom. The van der Waals surface area contributed by atoms with Crippen molar-refractivity contribution < 1.29 is 0 Å². The molecule has 0 spiro atoms. The number of nitrogens with zero attached hydrogens (tertiary/aromatic N) is 2. The zero-order chi connectivity index (χ0) is 11.0. The summed E-state index contributed by atoms with van der Waals surface area (Å²) in [7, 11) is 0. The second-order valence-corrected chi connectivity index (χ2v) is 4.71. The fraction of sp³-hybridized carbons (Fsp3) is 0.462. The van der Waals surface area contributed by atoms with Crippen LogP contribution in [0.1, 0.15) is 5.56 Å². The van der Waals surface area contributed by atoms with Crippen LogP contribution < -0.4 is 10.2 Å². The molecule has 1 aromatic carbocycles. The van der Waals surface area contributed by atoms with Gasteiger partial charge in [-0.05, 0) is 24.0 Å². The molecule has 0 bridgehead atoms. The number of halogens is 1. The molecule has 0 aliphatic carbocycles. The summed E-state index contributed by atoms with van der Waals surface area (Å²) in [5.74, 6) is 1.54. The van der Waals surface area contributed by atoms with E-state index in [2.05, 4.69) is 22.4 Å². The Morgan fingerprint density at radius 3 is 2.47 bits per heavy atom. The van der Waals surface area contributed by atoms with E-state index in [-0.39, 0.29) is 12.4 Å². The van der Waals surface area contributed by atoms with E-state index >= 15 is 0 Å². The molecule has 3 nitrogen and oxygen atoms in total. The Morgan fingerprint density at radius 2 is 1.82 bits per heavy atom. The first-order valence-corrected chi connectivity index (χ1v) is 5.83. The number of benzene rings is 1. The van der Waals surface area contributed by atoms with Crippen LogP contribution in [0.4, 0.5) is 5.69 Å². The second-order valence-electron chi connectivity index (χ2n) is 4.71. The van der Waals surface area contributed by atoms with E-state index in [1.807, 2.05) is 18.2 Å². The summed E-state index contributed by atoms with van der Waals surface area (Å²) in [6.45, 7) is 4.46. The number of hydrogen-bond donors (Lipinski definition) is 1. The fourth-order valence-corrected chi connectivity index (χ4v) is 2.90. The van der Waals surface area contributed by atoms with Crippen LogP contribution >= 0.6 is 12.4 Å². The molecule has 17 heavy (non-hydrogen) atoms. The summed E-state index contributed by atoms with van der Waals surface area (Å²) in [6, 6.07) is 10.2. The number of nitriles is 1. The molecular weight excluding hydrogens is 234 g/mol. The third-order valence-electron chi connectivity index (χ3n) is 3.75. The van der Waals surface area contributed by atoms with Gasteiger partial charge >= 0.3 is 0 Å². The zero-order valence-corrected chi connectivity index (χ0v) is 10.4. The van der Waals surface area contributed by atoms with Crippen LogP contribution in [0.5, 0.6) is 0 Å². The van der Waals surface area contributed by atoms with E-state index in [0.717, 1.165) is 49.3 Å². The topological polar surface area (TPSA) is 39.1 Å². The molecule has 2 saturated heterocycles. The number of hydrogen-bond acceptors (Lipinski definition) is 3. The lowest BCUT2D eigenvalue weighted by molar-refractivity contribution is 0.533. The third kappa shape index (κ3) is 2.11. The van der Waals surface area contributed by atoms with Crippen molar-refractivity contribution in [1.29, 1.82) is 5.26 Å². The van der Waals surface area contributed by atoms with Crippen molar-refractivity contribution in [3.63, 3.8) is 0 Å². The highest BCUT2D eigenvalue weighted by Gasteiger charge is 2.36. The number of anilines is 1. The first kappa shape index (κ1) is 12.2. The predicted octanol–water partition coefficient (Wildman–Crippen LogP) is 1.64. The van der Waals surface area contributed by atoms with Crippen molar-refractivity contribution in [2.24, 2.45) is 11.8 Å². The van der Waals surface area contributed by atoms with Crippen LogP contribution in [0.2, 0.25) is 0 Å². The average Bonchev–Trinajstić information content (AvgIpc) is 2.89. The van der Waals surface area contributed by atoms with Gasteiger partial charge < -0.3 is 10.2 Å². The van der Waals surface area contributed by atoms with Crippen molar-refractivity contribution in [2.75, 3.05) is 31.1 Å². The largest absolute Gasteiger partial charge is 0.370 e. The number of nitrogens with one attached hydrogen (secondary N) is 1. The van der Waals surface area contributed by atoms with Crippen LogP contribution in [-0.2, 0) is 0 Å². The maximum atomic E-state index is 9.09. The van der Waals surface area contributed by atoms with Gasteiger partial charge in [-0.1, -0.05) is 12.1 Å². The number of fused-ring (bicyclic) bond motifs is 1. The molecule has 2 atom stereocenters. The Labute approximate surface area is 108 Å². The van der Waals surface area contributed by atoms with E-state index in [0.29, 0.717) is 0 Å². The van der Waals surface area contributed by atoms with Gasteiger partial charge in [0.15, 0.2) is 0 Å². The van der Waals surface area contributed by atoms with Crippen LogP contribution in [0.25, 0.3) is 0 Å². The molecule has 1 N–H and O–H groups in total. The third-order valence-corrected chi connectivity index (χ3v) is 3.75. The Balaban J connectivity index is 0.00000108. The maximum absolute atomic E-state index is 9.09. The number of rotatable bonds is 1. The molecule has 0 radical (unpaired) electrons. The zero-order valence-electron chi connectivity index (χ0n) is 9.60. The molecule has 2 heterocycles. The molecular formula is C13H16ClN3. The van der Waals surface area contributed by atoms with Gasteiger partial charge in [0.1, 0.15) is 6.07 Å². The summed E-state index contributed by atoms with van der Waals surface area (Å²) < 4.78 is 0. The Kier molecular flexibility index (Phi) is 3.56. The van der Waals surface area contributed by atoms with Crippen molar-refractivity contribution >= 4 is 18.1 Å². The minimum atomic E-state index is 0. The first-order chi connectivity index (χ1) is 7.88. The lowest BCUT2D eigenvalue weighted by Gasteiger charge is -2.20. The first-order valence-electron chi connectivity index (χ1n) is 5.83. The quantitative estimate of drug-likeness (QED) is 0.823. The summed E-state index contributed by atoms with van der Waals surface area (Å²) in [4.78, 5) is 2.37. The lowest BCUT2D eigenvalue weighted by atomic mass is 10.0. The SMILES string of the molecule is Cl.N#Cc1ccccc1N1CC2CNCC2C1.